The average molecular weight is 290 g/mol. The lowest BCUT2D eigenvalue weighted by molar-refractivity contribution is 0.386. The Morgan fingerprint density at radius 1 is 1.50 bits per heavy atom. The van der Waals surface area contributed by atoms with Crippen molar-refractivity contribution in [3.63, 3.8) is 0 Å². The van der Waals surface area contributed by atoms with Crippen molar-refractivity contribution in [3.05, 3.63) is 29.6 Å². The topological polar surface area (TPSA) is 21.3 Å². The first-order valence-corrected chi connectivity index (χ1v) is 6.41. The van der Waals surface area contributed by atoms with E-state index in [2.05, 4.69) is 28.2 Å². The average Bonchev–Trinajstić information content (AvgIpc) is 2.27. The number of hydrogen-bond acceptors (Lipinski definition) is 2. The molecular formula is C12H17BrFNO. The highest BCUT2D eigenvalue weighted by Crippen LogP contribution is 2.17. The third-order valence-electron chi connectivity index (χ3n) is 2.41. The Bertz CT molecular complexity index is 333. The van der Waals surface area contributed by atoms with Gasteiger partial charge in [-0.3, -0.25) is 0 Å². The van der Waals surface area contributed by atoms with E-state index in [9.17, 15) is 4.39 Å². The van der Waals surface area contributed by atoms with Crippen LogP contribution < -0.4 is 10.1 Å². The maximum absolute atomic E-state index is 13.4. The molecule has 0 aliphatic carbocycles. The van der Waals surface area contributed by atoms with E-state index < -0.39 is 0 Å². The summed E-state index contributed by atoms with van der Waals surface area (Å²) in [7, 11) is 1.47. The molecule has 1 unspecified atom stereocenters. The minimum Gasteiger partial charge on any atom is -0.494 e. The summed E-state index contributed by atoms with van der Waals surface area (Å²) in [6, 6.07) is 5.45. The van der Waals surface area contributed by atoms with Gasteiger partial charge in [0, 0.05) is 17.9 Å². The molecule has 0 saturated carbocycles. The zero-order valence-corrected chi connectivity index (χ0v) is 11.2. The van der Waals surface area contributed by atoms with E-state index in [1.54, 1.807) is 6.07 Å². The van der Waals surface area contributed by atoms with Crippen LogP contribution in [0.15, 0.2) is 18.2 Å². The molecule has 0 spiro atoms. The van der Waals surface area contributed by atoms with Crippen molar-refractivity contribution in [1.82, 2.24) is 5.32 Å². The second-order valence-electron chi connectivity index (χ2n) is 3.73. The van der Waals surface area contributed by atoms with Gasteiger partial charge in [0.2, 0.25) is 0 Å². The Hall–Kier alpha value is -0.610. The summed E-state index contributed by atoms with van der Waals surface area (Å²) in [6.07, 6.45) is 1.05. The molecule has 1 aromatic rings. The number of alkyl halides is 1. The Morgan fingerprint density at radius 2 is 2.25 bits per heavy atom. The van der Waals surface area contributed by atoms with Crippen molar-refractivity contribution in [2.24, 2.45) is 0 Å². The van der Waals surface area contributed by atoms with E-state index in [4.69, 9.17) is 4.74 Å². The van der Waals surface area contributed by atoms with Crippen LogP contribution in [0.4, 0.5) is 4.39 Å². The van der Waals surface area contributed by atoms with Crippen molar-refractivity contribution in [3.8, 4) is 5.75 Å². The standard InChI is InChI=1S/C12H17BrFNO/c1-9(5-6-13)15-8-10-3-4-12(16-2)11(14)7-10/h3-4,7,9,15H,5-6,8H2,1-2H3. The number of halogens is 2. The third kappa shape index (κ3) is 4.10. The van der Waals surface area contributed by atoms with Gasteiger partial charge >= 0.3 is 0 Å². The van der Waals surface area contributed by atoms with Crippen LogP contribution in [0.3, 0.4) is 0 Å². The molecule has 16 heavy (non-hydrogen) atoms. The zero-order chi connectivity index (χ0) is 12.0. The van der Waals surface area contributed by atoms with E-state index in [-0.39, 0.29) is 11.6 Å². The molecule has 0 bridgehead atoms. The molecule has 1 atom stereocenters. The highest BCUT2D eigenvalue weighted by atomic mass is 79.9. The van der Waals surface area contributed by atoms with Crippen LogP contribution in [0.2, 0.25) is 0 Å². The summed E-state index contributed by atoms with van der Waals surface area (Å²) in [6.45, 7) is 2.79. The summed E-state index contributed by atoms with van der Waals surface area (Å²) in [5, 5.41) is 4.30. The molecule has 0 fully saturated rings. The third-order valence-corrected chi connectivity index (χ3v) is 2.87. The van der Waals surface area contributed by atoms with Gasteiger partial charge in [-0.1, -0.05) is 22.0 Å². The number of hydrogen-bond donors (Lipinski definition) is 1. The summed E-state index contributed by atoms with van der Waals surface area (Å²) in [5.74, 6) is -0.0211. The Morgan fingerprint density at radius 3 is 2.81 bits per heavy atom. The second-order valence-corrected chi connectivity index (χ2v) is 4.52. The summed E-state index contributed by atoms with van der Waals surface area (Å²) < 4.78 is 18.2. The van der Waals surface area contributed by atoms with Gasteiger partial charge in [-0.25, -0.2) is 4.39 Å². The van der Waals surface area contributed by atoms with E-state index in [1.807, 2.05) is 6.07 Å². The molecule has 0 amide bonds. The second kappa shape index (κ2) is 6.86. The Labute approximate surface area is 104 Å². The van der Waals surface area contributed by atoms with Gasteiger partial charge in [0.1, 0.15) is 0 Å². The number of rotatable bonds is 6. The van der Waals surface area contributed by atoms with Gasteiger partial charge in [-0.05, 0) is 31.0 Å². The van der Waals surface area contributed by atoms with Crippen LogP contribution in [0, 0.1) is 5.82 Å². The number of ether oxygens (including phenoxy) is 1. The van der Waals surface area contributed by atoms with Crippen molar-refractivity contribution >= 4 is 15.9 Å². The van der Waals surface area contributed by atoms with Gasteiger partial charge in [0.05, 0.1) is 7.11 Å². The maximum Gasteiger partial charge on any atom is 0.165 e. The van der Waals surface area contributed by atoms with Crippen molar-refractivity contribution in [2.75, 3.05) is 12.4 Å². The fraction of sp³-hybridized carbons (Fsp3) is 0.500. The van der Waals surface area contributed by atoms with E-state index >= 15 is 0 Å². The zero-order valence-electron chi connectivity index (χ0n) is 9.59. The molecule has 0 saturated heterocycles. The van der Waals surface area contributed by atoms with Gasteiger partial charge < -0.3 is 10.1 Å². The lowest BCUT2D eigenvalue weighted by Gasteiger charge is -2.12. The Balaban J connectivity index is 2.51. The molecule has 0 aliphatic rings. The van der Waals surface area contributed by atoms with Crippen LogP contribution >= 0.6 is 15.9 Å². The van der Waals surface area contributed by atoms with Crippen LogP contribution in [0.1, 0.15) is 18.9 Å². The first-order valence-electron chi connectivity index (χ1n) is 5.29. The van der Waals surface area contributed by atoms with Crippen molar-refractivity contribution < 1.29 is 9.13 Å². The lowest BCUT2D eigenvalue weighted by Crippen LogP contribution is -2.25. The highest BCUT2D eigenvalue weighted by Gasteiger charge is 2.04. The van der Waals surface area contributed by atoms with E-state index in [0.29, 0.717) is 12.6 Å². The van der Waals surface area contributed by atoms with E-state index in [0.717, 1.165) is 17.3 Å². The van der Waals surface area contributed by atoms with E-state index in [1.165, 1.54) is 13.2 Å². The molecule has 2 nitrogen and oxygen atoms in total. The van der Waals surface area contributed by atoms with Crippen molar-refractivity contribution in [2.45, 2.75) is 25.9 Å². The molecule has 1 rings (SSSR count). The van der Waals surface area contributed by atoms with Crippen LogP contribution in [0.25, 0.3) is 0 Å². The molecular weight excluding hydrogens is 273 g/mol. The SMILES string of the molecule is COc1ccc(CNC(C)CCBr)cc1F. The largest absolute Gasteiger partial charge is 0.494 e. The molecule has 0 aliphatic heterocycles. The molecule has 0 heterocycles. The van der Waals surface area contributed by atoms with Gasteiger partial charge in [0.25, 0.3) is 0 Å². The molecule has 90 valence electrons. The fourth-order valence-electron chi connectivity index (χ4n) is 1.38. The quantitative estimate of drug-likeness (QED) is 0.813. The minimum atomic E-state index is -0.310. The molecule has 0 radical (unpaired) electrons. The highest BCUT2D eigenvalue weighted by molar-refractivity contribution is 9.09. The minimum absolute atomic E-state index is 0.289. The molecule has 0 aromatic heterocycles. The number of nitrogens with one attached hydrogen (secondary N) is 1. The van der Waals surface area contributed by atoms with Crippen LogP contribution in [-0.2, 0) is 6.54 Å². The van der Waals surface area contributed by atoms with Gasteiger partial charge in [-0.15, -0.1) is 0 Å². The first-order chi connectivity index (χ1) is 7.67. The fourth-order valence-corrected chi connectivity index (χ4v) is 2.06. The summed E-state index contributed by atoms with van der Waals surface area (Å²) >= 11 is 3.39. The first kappa shape index (κ1) is 13.5. The molecule has 4 heteroatoms. The normalized spacial score (nSPS) is 12.5. The van der Waals surface area contributed by atoms with Crippen LogP contribution in [0.5, 0.6) is 5.75 Å². The predicted octanol–water partition coefficient (Wildman–Crippen LogP) is 3.10. The summed E-state index contributed by atoms with van der Waals surface area (Å²) in [5.41, 5.74) is 0.930. The smallest absolute Gasteiger partial charge is 0.165 e. The molecule has 1 N–H and O–H groups in total. The maximum atomic E-state index is 13.4. The van der Waals surface area contributed by atoms with Crippen molar-refractivity contribution in [1.29, 1.82) is 0 Å². The number of benzene rings is 1. The van der Waals surface area contributed by atoms with Gasteiger partial charge in [-0.2, -0.15) is 0 Å². The predicted molar refractivity (Wildman–Crippen MR) is 67.7 cm³/mol. The van der Waals surface area contributed by atoms with Gasteiger partial charge in [0.15, 0.2) is 11.6 Å². The lowest BCUT2D eigenvalue weighted by atomic mass is 10.2. The summed E-state index contributed by atoms with van der Waals surface area (Å²) in [4.78, 5) is 0. The monoisotopic (exact) mass is 289 g/mol. The molecule has 1 aromatic carbocycles. The number of methoxy groups -OCH3 is 1. The van der Waals surface area contributed by atoms with Crippen LogP contribution in [-0.4, -0.2) is 18.5 Å². The Kier molecular flexibility index (Phi) is 5.77.